The van der Waals surface area contributed by atoms with Crippen LogP contribution in [0.2, 0.25) is 0 Å². The van der Waals surface area contributed by atoms with Gasteiger partial charge in [-0.15, -0.1) is 0 Å². The fraction of sp³-hybridized carbons (Fsp3) is 0.739. The average Bonchev–Trinajstić information content (AvgIpc) is 2.63. The lowest BCUT2D eigenvalue weighted by Gasteiger charge is -2.38. The summed E-state index contributed by atoms with van der Waals surface area (Å²) in [6.45, 7) is 4.57. The Morgan fingerprint density at radius 2 is 1.52 bits per heavy atom. The van der Waals surface area contributed by atoms with Crippen molar-refractivity contribution >= 4 is 0 Å². The van der Waals surface area contributed by atoms with Gasteiger partial charge in [-0.2, -0.15) is 0 Å². The summed E-state index contributed by atoms with van der Waals surface area (Å²) >= 11 is 0. The molecule has 127 valence electrons. The Labute approximate surface area is 144 Å². The van der Waals surface area contributed by atoms with Crippen molar-refractivity contribution in [3.8, 4) is 0 Å². The molecule has 2 aliphatic carbocycles. The maximum absolute atomic E-state index is 3.57. The van der Waals surface area contributed by atoms with Crippen molar-refractivity contribution in [1.29, 1.82) is 0 Å². The summed E-state index contributed by atoms with van der Waals surface area (Å²) in [6, 6.07) is 10.4. The summed E-state index contributed by atoms with van der Waals surface area (Å²) in [5, 5.41) is 0. The van der Waals surface area contributed by atoms with E-state index in [4.69, 9.17) is 0 Å². The lowest BCUT2D eigenvalue weighted by atomic mass is 9.68. The van der Waals surface area contributed by atoms with Gasteiger partial charge in [-0.1, -0.05) is 57.7 Å². The van der Waals surface area contributed by atoms with Crippen LogP contribution < -0.4 is 0 Å². The second-order valence-electron chi connectivity index (χ2n) is 8.19. The number of aryl methyl sites for hydroxylation is 1. The minimum Gasteiger partial charge on any atom is -0.0654 e. The Hall–Kier alpha value is -0.780. The molecule has 3 rings (SSSR count). The average molecular weight is 312 g/mol. The highest BCUT2D eigenvalue weighted by molar-refractivity contribution is 5.24. The Kier molecular flexibility index (Phi) is 6.20. The van der Waals surface area contributed by atoms with Crippen LogP contribution in [0.3, 0.4) is 0 Å². The van der Waals surface area contributed by atoms with E-state index < -0.39 is 0 Å². The summed E-state index contributed by atoms with van der Waals surface area (Å²) in [7, 11) is 0. The monoisotopic (exact) mass is 311 g/mol. The third-order valence-electron chi connectivity index (χ3n) is 6.78. The highest BCUT2D eigenvalue weighted by Crippen LogP contribution is 2.44. The summed E-state index contributed by atoms with van der Waals surface area (Å²) in [6.07, 6.45) is 15.8. The van der Waals surface area contributed by atoms with Gasteiger partial charge in [-0.3, -0.25) is 0 Å². The van der Waals surface area contributed by atoms with Crippen molar-refractivity contribution in [2.75, 3.05) is 0 Å². The van der Waals surface area contributed by atoms with E-state index in [0.29, 0.717) is 0 Å². The molecule has 2 saturated carbocycles. The van der Waals surface area contributed by atoms with Gasteiger partial charge < -0.3 is 0 Å². The second kappa shape index (κ2) is 8.36. The van der Waals surface area contributed by atoms with E-state index in [1.807, 2.05) is 0 Å². The molecule has 0 spiro atoms. The van der Waals surface area contributed by atoms with Crippen molar-refractivity contribution in [1.82, 2.24) is 0 Å². The first-order valence-electron chi connectivity index (χ1n) is 10.3. The largest absolute Gasteiger partial charge is 0.0654 e. The third-order valence-corrected chi connectivity index (χ3v) is 6.78. The van der Waals surface area contributed by atoms with E-state index in [9.17, 15) is 0 Å². The molecule has 0 bridgehead atoms. The molecular weight excluding hydrogens is 276 g/mol. The molecule has 0 amide bonds. The van der Waals surface area contributed by atoms with Crippen LogP contribution in [0.5, 0.6) is 0 Å². The molecule has 0 aromatic heterocycles. The quantitative estimate of drug-likeness (QED) is 0.553. The van der Waals surface area contributed by atoms with E-state index in [1.54, 1.807) is 0 Å². The lowest BCUT2D eigenvalue weighted by molar-refractivity contribution is 0.156. The van der Waals surface area contributed by atoms with Gasteiger partial charge >= 0.3 is 0 Å². The molecule has 1 aromatic rings. The van der Waals surface area contributed by atoms with Gasteiger partial charge in [0.1, 0.15) is 0 Å². The highest BCUT2D eigenvalue weighted by Gasteiger charge is 2.31. The van der Waals surface area contributed by atoms with Crippen LogP contribution in [-0.4, -0.2) is 0 Å². The van der Waals surface area contributed by atoms with Gasteiger partial charge in [-0.25, -0.2) is 0 Å². The van der Waals surface area contributed by atoms with E-state index in [1.165, 1.54) is 75.3 Å². The Bertz CT molecular complexity index is 441. The molecule has 0 heteroatoms. The van der Waals surface area contributed by atoms with Crippen LogP contribution in [0.15, 0.2) is 18.2 Å². The summed E-state index contributed by atoms with van der Waals surface area (Å²) in [5.74, 6) is 3.92. The maximum Gasteiger partial charge on any atom is -0.0143 e. The van der Waals surface area contributed by atoms with Crippen molar-refractivity contribution in [3.05, 3.63) is 35.4 Å². The minimum absolute atomic E-state index is 0.786. The van der Waals surface area contributed by atoms with Gasteiger partial charge in [0.05, 0.1) is 0 Å². The fourth-order valence-corrected chi connectivity index (χ4v) is 5.20. The zero-order valence-electron chi connectivity index (χ0n) is 15.3. The van der Waals surface area contributed by atoms with Gasteiger partial charge in [0.25, 0.3) is 0 Å². The van der Waals surface area contributed by atoms with Crippen LogP contribution in [0.1, 0.15) is 95.1 Å². The van der Waals surface area contributed by atoms with Crippen LogP contribution in [0, 0.1) is 23.8 Å². The van der Waals surface area contributed by atoms with E-state index in [-0.39, 0.29) is 0 Å². The molecule has 0 unspecified atom stereocenters. The summed E-state index contributed by atoms with van der Waals surface area (Å²) in [4.78, 5) is 0. The molecular formula is C23H35. The number of benzene rings is 1. The van der Waals surface area contributed by atoms with E-state index >= 15 is 0 Å². The van der Waals surface area contributed by atoms with Gasteiger partial charge in [0, 0.05) is 0 Å². The standard InChI is InChI=1S/C23H35/c1-3-5-19-8-12-21(13-9-19)23-16-14-22(15-17-23)20-10-6-18(4-2)7-11-20/h6-7,10,19,21-23H,3-5,8-9,12-17H2,1-2H3. The predicted octanol–water partition coefficient (Wildman–Crippen LogP) is 6.93. The molecule has 0 N–H and O–H groups in total. The maximum atomic E-state index is 3.57. The summed E-state index contributed by atoms with van der Waals surface area (Å²) < 4.78 is 0. The van der Waals surface area contributed by atoms with Crippen LogP contribution >= 0.6 is 0 Å². The van der Waals surface area contributed by atoms with Gasteiger partial charge in [-0.05, 0) is 85.8 Å². The second-order valence-corrected chi connectivity index (χ2v) is 8.19. The molecule has 0 heterocycles. The molecule has 0 atom stereocenters. The molecule has 2 aliphatic rings. The summed E-state index contributed by atoms with van der Waals surface area (Å²) in [5.41, 5.74) is 2.90. The lowest BCUT2D eigenvalue weighted by Crippen LogP contribution is -2.25. The van der Waals surface area contributed by atoms with Gasteiger partial charge in [0.2, 0.25) is 0 Å². The Morgan fingerprint density at radius 1 is 0.870 bits per heavy atom. The number of hydrogen-bond donors (Lipinski definition) is 0. The van der Waals surface area contributed by atoms with Gasteiger partial charge in [0.15, 0.2) is 0 Å². The molecule has 0 saturated heterocycles. The first-order chi connectivity index (χ1) is 11.3. The predicted molar refractivity (Wildman–Crippen MR) is 99.7 cm³/mol. The Morgan fingerprint density at radius 3 is 2.04 bits per heavy atom. The minimum atomic E-state index is 0.786. The number of rotatable bonds is 5. The highest BCUT2D eigenvalue weighted by atomic mass is 14.4. The molecule has 0 nitrogen and oxygen atoms in total. The van der Waals surface area contributed by atoms with E-state index in [2.05, 4.69) is 38.1 Å². The zero-order chi connectivity index (χ0) is 16.1. The third kappa shape index (κ3) is 4.40. The molecule has 2 fully saturated rings. The van der Waals surface area contributed by atoms with Crippen LogP contribution in [0.4, 0.5) is 0 Å². The first-order valence-corrected chi connectivity index (χ1v) is 10.3. The molecule has 1 radical (unpaired) electrons. The van der Waals surface area contributed by atoms with Crippen molar-refractivity contribution in [2.24, 2.45) is 17.8 Å². The Balaban J connectivity index is 1.46. The molecule has 23 heavy (non-hydrogen) atoms. The topological polar surface area (TPSA) is 0 Å². The van der Waals surface area contributed by atoms with Crippen LogP contribution in [-0.2, 0) is 6.42 Å². The number of hydrogen-bond acceptors (Lipinski definition) is 0. The smallest absolute Gasteiger partial charge is 0.0143 e. The van der Waals surface area contributed by atoms with Crippen molar-refractivity contribution in [3.63, 3.8) is 0 Å². The van der Waals surface area contributed by atoms with E-state index in [0.717, 1.165) is 30.1 Å². The molecule has 1 aromatic carbocycles. The SMILES string of the molecule is CCCC1CCC(C2CCC(c3[c]cc(CC)cc3)CC2)CC1. The normalized spacial score (nSPS) is 31.9. The van der Waals surface area contributed by atoms with Crippen molar-refractivity contribution < 1.29 is 0 Å². The zero-order valence-corrected chi connectivity index (χ0v) is 15.3. The molecule has 0 aliphatic heterocycles. The fourth-order valence-electron chi connectivity index (χ4n) is 5.20. The van der Waals surface area contributed by atoms with Crippen LogP contribution in [0.25, 0.3) is 0 Å². The van der Waals surface area contributed by atoms with Crippen molar-refractivity contribution in [2.45, 2.75) is 90.4 Å². The first kappa shape index (κ1) is 17.1.